The van der Waals surface area contributed by atoms with Crippen molar-refractivity contribution in [2.24, 2.45) is 5.73 Å². The lowest BCUT2D eigenvalue weighted by Gasteiger charge is -2.28. The van der Waals surface area contributed by atoms with Crippen molar-refractivity contribution in [3.05, 3.63) is 24.3 Å². The predicted molar refractivity (Wildman–Crippen MR) is 80.6 cm³/mol. The highest BCUT2D eigenvalue weighted by molar-refractivity contribution is 7.99. The van der Waals surface area contributed by atoms with Gasteiger partial charge in [-0.3, -0.25) is 4.79 Å². The molecule has 1 aromatic heterocycles. The molecule has 3 N–H and O–H groups in total. The molecule has 0 aliphatic rings. The van der Waals surface area contributed by atoms with Crippen molar-refractivity contribution in [2.45, 2.75) is 37.6 Å². The van der Waals surface area contributed by atoms with Crippen LogP contribution in [0.15, 0.2) is 33.9 Å². The second-order valence-corrected chi connectivity index (χ2v) is 6.16. The average molecular weight is 293 g/mol. The fraction of sp³-hybridized carbons (Fsp3) is 0.429. The van der Waals surface area contributed by atoms with Crippen LogP contribution in [-0.4, -0.2) is 28.2 Å². The topological polar surface area (TPSA) is 81.2 Å². The molecule has 0 saturated carbocycles. The number of amides is 1. The second-order valence-electron chi connectivity index (χ2n) is 5.23. The van der Waals surface area contributed by atoms with E-state index < -0.39 is 5.54 Å². The molecule has 0 aliphatic carbocycles. The van der Waals surface area contributed by atoms with Crippen molar-refractivity contribution >= 4 is 28.8 Å². The summed E-state index contributed by atoms with van der Waals surface area (Å²) in [6, 6.07) is 7.73. The van der Waals surface area contributed by atoms with Crippen LogP contribution in [0.1, 0.15) is 20.8 Å². The van der Waals surface area contributed by atoms with E-state index in [0.29, 0.717) is 11.0 Å². The first kappa shape index (κ1) is 14.9. The van der Waals surface area contributed by atoms with Gasteiger partial charge in [0.05, 0.1) is 0 Å². The number of oxazole rings is 1. The zero-order valence-electron chi connectivity index (χ0n) is 11.8. The Balaban J connectivity index is 2.10. The maximum absolute atomic E-state index is 11.6. The van der Waals surface area contributed by atoms with Gasteiger partial charge < -0.3 is 15.5 Å². The van der Waals surface area contributed by atoms with Crippen LogP contribution in [0.5, 0.6) is 0 Å². The van der Waals surface area contributed by atoms with E-state index in [0.717, 1.165) is 11.1 Å². The van der Waals surface area contributed by atoms with Crippen LogP contribution in [0.3, 0.4) is 0 Å². The molecule has 0 radical (unpaired) electrons. The number of primary amides is 1. The third kappa shape index (κ3) is 3.32. The Labute approximate surface area is 122 Å². The van der Waals surface area contributed by atoms with Crippen molar-refractivity contribution in [3.63, 3.8) is 0 Å². The Morgan fingerprint density at radius 3 is 2.80 bits per heavy atom. The fourth-order valence-corrected chi connectivity index (χ4v) is 2.89. The third-order valence-electron chi connectivity index (χ3n) is 2.91. The normalized spacial score (nSPS) is 14.6. The molecule has 108 valence electrons. The Morgan fingerprint density at radius 2 is 2.20 bits per heavy atom. The largest absolute Gasteiger partial charge is 0.431 e. The Bertz CT molecular complexity index is 578. The Kier molecular flexibility index (Phi) is 4.35. The summed E-state index contributed by atoms with van der Waals surface area (Å²) in [4.78, 5) is 16.0. The maximum Gasteiger partial charge on any atom is 0.256 e. The van der Waals surface area contributed by atoms with Gasteiger partial charge in [0.25, 0.3) is 5.22 Å². The quantitative estimate of drug-likeness (QED) is 0.798. The molecule has 1 unspecified atom stereocenters. The first-order valence-electron chi connectivity index (χ1n) is 6.47. The van der Waals surface area contributed by atoms with Crippen LogP contribution in [0.4, 0.5) is 0 Å². The number of fused-ring (bicyclic) bond motifs is 1. The molecule has 0 bridgehead atoms. The number of para-hydroxylation sites is 2. The molecular formula is C14H19N3O2S. The van der Waals surface area contributed by atoms with Gasteiger partial charge in [0.1, 0.15) is 11.1 Å². The van der Waals surface area contributed by atoms with Gasteiger partial charge in [-0.25, -0.2) is 4.98 Å². The lowest BCUT2D eigenvalue weighted by Crippen LogP contribution is -2.57. The summed E-state index contributed by atoms with van der Waals surface area (Å²) >= 11 is 1.38. The average Bonchev–Trinajstić information content (AvgIpc) is 2.78. The molecule has 0 fully saturated rings. The number of rotatable bonds is 6. The molecular weight excluding hydrogens is 274 g/mol. The minimum atomic E-state index is -0.792. The lowest BCUT2D eigenvalue weighted by molar-refractivity contribution is -0.123. The number of nitrogens with one attached hydrogen (secondary N) is 1. The van der Waals surface area contributed by atoms with Gasteiger partial charge in [-0.05, 0) is 32.9 Å². The molecule has 1 heterocycles. The summed E-state index contributed by atoms with van der Waals surface area (Å²) in [7, 11) is 0. The zero-order valence-corrected chi connectivity index (χ0v) is 12.7. The van der Waals surface area contributed by atoms with Crippen LogP contribution >= 0.6 is 11.8 Å². The van der Waals surface area contributed by atoms with E-state index in [-0.39, 0.29) is 11.9 Å². The molecule has 1 amide bonds. The number of nitrogens with two attached hydrogens (primary N) is 1. The Hall–Kier alpha value is -1.53. The monoisotopic (exact) mass is 293 g/mol. The lowest BCUT2D eigenvalue weighted by atomic mass is 10.0. The molecule has 2 aromatic rings. The summed E-state index contributed by atoms with van der Waals surface area (Å²) in [6.45, 7) is 5.75. The van der Waals surface area contributed by atoms with Gasteiger partial charge >= 0.3 is 0 Å². The van der Waals surface area contributed by atoms with Crippen molar-refractivity contribution in [2.75, 3.05) is 5.75 Å². The molecule has 1 aromatic carbocycles. The molecule has 0 spiro atoms. The fourth-order valence-electron chi connectivity index (χ4n) is 1.94. The Morgan fingerprint density at radius 1 is 1.50 bits per heavy atom. The number of thioether (sulfide) groups is 1. The number of carbonyl (C=O) groups excluding carboxylic acids is 1. The van der Waals surface area contributed by atoms with E-state index in [2.05, 4.69) is 10.3 Å². The standard InChI is InChI=1S/C14H19N3O2S/c1-9(2)17-14(3,12(15)18)8-20-13-16-10-6-4-5-7-11(10)19-13/h4-7,9,17H,8H2,1-3H3,(H2,15,18). The molecule has 6 heteroatoms. The molecule has 0 saturated heterocycles. The number of carbonyl (C=O) groups is 1. The van der Waals surface area contributed by atoms with E-state index >= 15 is 0 Å². The van der Waals surface area contributed by atoms with E-state index in [1.165, 1.54) is 11.8 Å². The van der Waals surface area contributed by atoms with Crippen LogP contribution in [0.2, 0.25) is 0 Å². The van der Waals surface area contributed by atoms with Gasteiger partial charge in [0.2, 0.25) is 5.91 Å². The van der Waals surface area contributed by atoms with E-state index in [4.69, 9.17) is 10.2 Å². The predicted octanol–water partition coefficient (Wildman–Crippen LogP) is 2.16. The summed E-state index contributed by atoms with van der Waals surface area (Å²) in [5, 5.41) is 3.74. The third-order valence-corrected chi connectivity index (χ3v) is 4.05. The van der Waals surface area contributed by atoms with Crippen LogP contribution in [0, 0.1) is 0 Å². The van der Waals surface area contributed by atoms with E-state index in [1.807, 2.05) is 38.1 Å². The highest BCUT2D eigenvalue weighted by atomic mass is 32.2. The first-order valence-corrected chi connectivity index (χ1v) is 7.45. The number of nitrogens with zero attached hydrogens (tertiary/aromatic N) is 1. The molecule has 1 atom stereocenters. The summed E-state index contributed by atoms with van der Waals surface area (Å²) < 4.78 is 5.62. The van der Waals surface area contributed by atoms with Crippen LogP contribution in [0.25, 0.3) is 11.1 Å². The van der Waals surface area contributed by atoms with E-state index in [9.17, 15) is 4.79 Å². The van der Waals surface area contributed by atoms with Gasteiger partial charge in [-0.2, -0.15) is 0 Å². The smallest absolute Gasteiger partial charge is 0.256 e. The van der Waals surface area contributed by atoms with Crippen molar-refractivity contribution < 1.29 is 9.21 Å². The number of hydrogen-bond acceptors (Lipinski definition) is 5. The van der Waals surface area contributed by atoms with Crippen molar-refractivity contribution in [1.29, 1.82) is 0 Å². The highest BCUT2D eigenvalue weighted by Gasteiger charge is 2.32. The number of hydrogen-bond donors (Lipinski definition) is 2. The van der Waals surface area contributed by atoms with Gasteiger partial charge in [-0.1, -0.05) is 23.9 Å². The van der Waals surface area contributed by atoms with Crippen molar-refractivity contribution in [1.82, 2.24) is 10.3 Å². The molecule has 2 rings (SSSR count). The number of aromatic nitrogens is 1. The summed E-state index contributed by atoms with van der Waals surface area (Å²) in [5.41, 5.74) is 6.26. The zero-order chi connectivity index (χ0) is 14.8. The minimum Gasteiger partial charge on any atom is -0.431 e. The molecule has 5 nitrogen and oxygen atoms in total. The van der Waals surface area contributed by atoms with Crippen LogP contribution < -0.4 is 11.1 Å². The maximum atomic E-state index is 11.6. The first-order chi connectivity index (χ1) is 9.40. The van der Waals surface area contributed by atoms with E-state index in [1.54, 1.807) is 6.92 Å². The van der Waals surface area contributed by atoms with Crippen molar-refractivity contribution in [3.8, 4) is 0 Å². The molecule has 20 heavy (non-hydrogen) atoms. The summed E-state index contributed by atoms with van der Waals surface area (Å²) in [6.07, 6.45) is 0. The minimum absolute atomic E-state index is 0.164. The second kappa shape index (κ2) is 5.85. The van der Waals surface area contributed by atoms with Gasteiger partial charge in [0.15, 0.2) is 5.58 Å². The SMILES string of the molecule is CC(C)NC(C)(CSc1nc2ccccc2o1)C(N)=O. The highest BCUT2D eigenvalue weighted by Crippen LogP contribution is 2.26. The number of benzene rings is 1. The van der Waals surface area contributed by atoms with Gasteiger partial charge in [-0.15, -0.1) is 0 Å². The van der Waals surface area contributed by atoms with Crippen LogP contribution in [-0.2, 0) is 4.79 Å². The molecule has 0 aliphatic heterocycles. The summed E-state index contributed by atoms with van der Waals surface area (Å²) in [5.74, 6) is 0.0858. The van der Waals surface area contributed by atoms with Gasteiger partial charge in [0, 0.05) is 11.8 Å².